The Morgan fingerprint density at radius 2 is 1.75 bits per heavy atom. The Bertz CT molecular complexity index is 628. The second kappa shape index (κ2) is 6.79. The first-order valence-electron chi connectivity index (χ1n) is 6.95. The molecule has 0 aromatic heterocycles. The molecule has 2 rings (SSSR count). The van der Waals surface area contributed by atoms with Gasteiger partial charge >= 0.3 is 0 Å². The van der Waals surface area contributed by atoms with Crippen LogP contribution < -0.4 is 4.74 Å². The third kappa shape index (κ3) is 3.09. The van der Waals surface area contributed by atoms with Crippen LogP contribution in [0.15, 0.2) is 6.07 Å². The monoisotopic (exact) mass is 346 g/mol. The fraction of sp³-hybridized carbons (Fsp3) is 0.500. The first-order chi connectivity index (χ1) is 11.2. The van der Waals surface area contributed by atoms with Crippen molar-refractivity contribution in [2.24, 2.45) is 0 Å². The van der Waals surface area contributed by atoms with Gasteiger partial charge in [-0.05, 0) is 6.92 Å². The van der Waals surface area contributed by atoms with Crippen LogP contribution in [0.25, 0.3) is 0 Å². The summed E-state index contributed by atoms with van der Waals surface area (Å²) in [4.78, 5) is 11.5. The van der Waals surface area contributed by atoms with Gasteiger partial charge in [0.2, 0.25) is 12.0 Å². The molecule has 134 valence electrons. The smallest absolute Gasteiger partial charge is 0.229 e. The summed E-state index contributed by atoms with van der Waals surface area (Å²) in [7, 11) is 0. The lowest BCUT2D eigenvalue weighted by atomic mass is 9.99. The summed E-state index contributed by atoms with van der Waals surface area (Å²) in [5, 5.41) is 67.7. The molecule has 10 heteroatoms. The van der Waals surface area contributed by atoms with E-state index in [-0.39, 0.29) is 0 Å². The molecule has 0 unspecified atom stereocenters. The van der Waals surface area contributed by atoms with E-state index in [1.165, 1.54) is 0 Å². The summed E-state index contributed by atoms with van der Waals surface area (Å²) in [5.74, 6) is -3.73. The van der Waals surface area contributed by atoms with Gasteiger partial charge in [0.1, 0.15) is 35.7 Å². The molecule has 1 aliphatic rings. The number of phenolic OH excluding ortho intramolecular Hbond substituents is 3. The number of Topliss-reactive ketones (excluding diaryl/α,β-unsaturated/α-hetero) is 1. The van der Waals surface area contributed by atoms with Crippen LogP contribution in [0.4, 0.5) is 0 Å². The van der Waals surface area contributed by atoms with Crippen molar-refractivity contribution in [3.05, 3.63) is 11.6 Å². The molecule has 1 aliphatic heterocycles. The minimum atomic E-state index is -1.78. The maximum Gasteiger partial charge on any atom is 0.229 e. The summed E-state index contributed by atoms with van der Waals surface area (Å²) in [6, 6.07) is 0.746. The topological polar surface area (TPSA) is 177 Å². The number of rotatable bonds is 4. The van der Waals surface area contributed by atoms with Crippen molar-refractivity contribution in [1.29, 1.82) is 0 Å². The molecule has 0 spiro atoms. The Kier molecular flexibility index (Phi) is 5.16. The number of ether oxygens (including phenoxy) is 2. The average molecular weight is 346 g/mol. The molecule has 0 amide bonds. The molecule has 0 radical (unpaired) electrons. The highest BCUT2D eigenvalue weighted by molar-refractivity contribution is 6.00. The molecule has 1 saturated heterocycles. The molecule has 0 saturated carbocycles. The molecule has 5 atom stereocenters. The third-order valence-electron chi connectivity index (χ3n) is 3.65. The second-order valence-electron chi connectivity index (χ2n) is 5.34. The van der Waals surface area contributed by atoms with E-state index in [1.54, 1.807) is 0 Å². The van der Waals surface area contributed by atoms with Crippen LogP contribution in [0, 0.1) is 0 Å². The first kappa shape index (κ1) is 18.2. The zero-order valence-corrected chi connectivity index (χ0v) is 12.5. The fourth-order valence-electron chi connectivity index (χ4n) is 2.37. The lowest BCUT2D eigenvalue weighted by Gasteiger charge is -2.39. The van der Waals surface area contributed by atoms with Gasteiger partial charge in [-0.25, -0.2) is 0 Å². The van der Waals surface area contributed by atoms with Gasteiger partial charge in [-0.1, -0.05) is 0 Å². The highest BCUT2D eigenvalue weighted by Crippen LogP contribution is 2.44. The number of aromatic hydroxyl groups is 3. The molecule has 0 aliphatic carbocycles. The van der Waals surface area contributed by atoms with E-state index in [2.05, 4.69) is 0 Å². The van der Waals surface area contributed by atoms with E-state index in [0.29, 0.717) is 0 Å². The SMILES string of the molecule is CC(=O)c1c(O)cc(O)c(O[C@H]2O[C@@H](CO)[C@H](O)[C@@H](O)[C@@H]2O)c1O. The number of ketones is 1. The molecule has 7 N–H and O–H groups in total. The van der Waals surface area contributed by atoms with E-state index < -0.39 is 71.7 Å². The maximum absolute atomic E-state index is 11.5. The van der Waals surface area contributed by atoms with Crippen molar-refractivity contribution >= 4 is 5.78 Å². The number of phenols is 3. The van der Waals surface area contributed by atoms with E-state index in [0.717, 1.165) is 13.0 Å². The Morgan fingerprint density at radius 1 is 1.12 bits per heavy atom. The molecular weight excluding hydrogens is 328 g/mol. The normalized spacial score (nSPS) is 30.1. The number of benzene rings is 1. The van der Waals surface area contributed by atoms with Crippen molar-refractivity contribution in [2.45, 2.75) is 37.6 Å². The predicted octanol–water partition coefficient (Wildman–Crippen LogP) is -1.82. The molecule has 24 heavy (non-hydrogen) atoms. The van der Waals surface area contributed by atoms with E-state index >= 15 is 0 Å². The highest BCUT2D eigenvalue weighted by Gasteiger charge is 2.45. The van der Waals surface area contributed by atoms with Crippen LogP contribution in [-0.4, -0.2) is 78.8 Å². The number of aliphatic hydroxyl groups excluding tert-OH is 4. The lowest BCUT2D eigenvalue weighted by molar-refractivity contribution is -0.277. The van der Waals surface area contributed by atoms with Crippen LogP contribution in [0.2, 0.25) is 0 Å². The molecule has 1 fully saturated rings. The summed E-state index contributed by atoms with van der Waals surface area (Å²) >= 11 is 0. The number of hydrogen-bond donors (Lipinski definition) is 7. The van der Waals surface area contributed by atoms with Crippen LogP contribution in [0.3, 0.4) is 0 Å². The van der Waals surface area contributed by atoms with Gasteiger partial charge < -0.3 is 45.2 Å². The molecule has 1 aromatic rings. The Balaban J connectivity index is 2.37. The van der Waals surface area contributed by atoms with Gasteiger partial charge in [0, 0.05) is 6.07 Å². The number of hydrogen-bond acceptors (Lipinski definition) is 10. The highest BCUT2D eigenvalue weighted by atomic mass is 16.7. The fourth-order valence-corrected chi connectivity index (χ4v) is 2.37. The van der Waals surface area contributed by atoms with Gasteiger partial charge in [-0.2, -0.15) is 0 Å². The van der Waals surface area contributed by atoms with Crippen LogP contribution in [-0.2, 0) is 4.74 Å². The average Bonchev–Trinajstić information content (AvgIpc) is 2.50. The largest absolute Gasteiger partial charge is 0.507 e. The molecular formula is C14H18O10. The van der Waals surface area contributed by atoms with E-state index in [1.807, 2.05) is 0 Å². The minimum absolute atomic E-state index is 0.521. The molecule has 1 heterocycles. The zero-order chi connectivity index (χ0) is 18.2. The quantitative estimate of drug-likeness (QED) is 0.307. The van der Waals surface area contributed by atoms with Gasteiger partial charge in [0.15, 0.2) is 17.3 Å². The summed E-state index contributed by atoms with van der Waals surface area (Å²) in [5.41, 5.74) is -0.521. The second-order valence-corrected chi connectivity index (χ2v) is 5.34. The van der Waals surface area contributed by atoms with Crippen molar-refractivity contribution in [3.63, 3.8) is 0 Å². The van der Waals surface area contributed by atoms with Gasteiger partial charge in [0.05, 0.1) is 6.61 Å². The van der Waals surface area contributed by atoms with E-state index in [9.17, 15) is 35.4 Å². The van der Waals surface area contributed by atoms with Crippen LogP contribution in [0.5, 0.6) is 23.0 Å². The standard InChI is InChI=1S/C14H18O10/c1-4(16)8-5(17)2-6(18)13(10(8)20)24-14-12(22)11(21)9(19)7(3-15)23-14/h2,7,9,11-12,14-15,17-22H,3H2,1H3/t7-,9-,11+,12-,14+/m0/s1. The number of aliphatic hydroxyl groups is 4. The van der Waals surface area contributed by atoms with Gasteiger partial charge in [0.25, 0.3) is 0 Å². The van der Waals surface area contributed by atoms with Crippen molar-refractivity contribution in [2.75, 3.05) is 6.61 Å². The lowest BCUT2D eigenvalue weighted by Crippen LogP contribution is -2.60. The maximum atomic E-state index is 11.5. The van der Waals surface area contributed by atoms with Gasteiger partial charge in [-0.3, -0.25) is 4.79 Å². The third-order valence-corrected chi connectivity index (χ3v) is 3.65. The Morgan fingerprint density at radius 3 is 2.29 bits per heavy atom. The Hall–Kier alpha value is -2.11. The Labute approximate surface area is 135 Å². The van der Waals surface area contributed by atoms with Crippen LogP contribution >= 0.6 is 0 Å². The summed E-state index contributed by atoms with van der Waals surface area (Å²) in [6.45, 7) is 0.362. The summed E-state index contributed by atoms with van der Waals surface area (Å²) < 4.78 is 10.2. The zero-order valence-electron chi connectivity index (χ0n) is 12.5. The van der Waals surface area contributed by atoms with Crippen molar-refractivity contribution < 1.29 is 50.0 Å². The molecule has 10 nitrogen and oxygen atoms in total. The molecule has 1 aromatic carbocycles. The predicted molar refractivity (Wildman–Crippen MR) is 75.8 cm³/mol. The number of carbonyl (C=O) groups excluding carboxylic acids is 1. The van der Waals surface area contributed by atoms with E-state index in [4.69, 9.17) is 14.6 Å². The van der Waals surface area contributed by atoms with Gasteiger partial charge in [-0.15, -0.1) is 0 Å². The first-order valence-corrected chi connectivity index (χ1v) is 6.95. The van der Waals surface area contributed by atoms with Crippen molar-refractivity contribution in [3.8, 4) is 23.0 Å². The van der Waals surface area contributed by atoms with Crippen LogP contribution in [0.1, 0.15) is 17.3 Å². The number of carbonyl (C=O) groups is 1. The van der Waals surface area contributed by atoms with Crippen molar-refractivity contribution in [1.82, 2.24) is 0 Å². The molecule has 0 bridgehead atoms. The minimum Gasteiger partial charge on any atom is -0.507 e. The summed E-state index contributed by atoms with van der Waals surface area (Å²) in [6.07, 6.45) is -8.06.